The van der Waals surface area contributed by atoms with Gasteiger partial charge in [-0.1, -0.05) is 35.3 Å². The fourth-order valence-corrected chi connectivity index (χ4v) is 16.8. The molecule has 0 spiro atoms. The van der Waals surface area contributed by atoms with E-state index in [9.17, 15) is 137 Å². The first kappa shape index (κ1) is 79.7. The molecule has 27 atom stereocenters. The van der Waals surface area contributed by atoms with Gasteiger partial charge >= 0.3 is 0 Å². The first-order valence-electron chi connectivity index (χ1n) is 31.6. The van der Waals surface area contributed by atoms with Crippen molar-refractivity contribution >= 4 is 70.1 Å². The van der Waals surface area contributed by atoms with Gasteiger partial charge in [-0.3, -0.25) is 14.4 Å². The predicted octanol–water partition coefficient (Wildman–Crippen LogP) is -9.24. The second kappa shape index (κ2) is 31.5. The monoisotopic (exact) mass is 1500 g/mol. The lowest BCUT2D eigenvalue weighted by atomic mass is 9.77. The zero-order valence-electron chi connectivity index (χ0n) is 53.3. The van der Waals surface area contributed by atoms with Crippen LogP contribution in [0.1, 0.15) is 31.1 Å². The molecule has 4 aromatic rings. The third-order valence-electron chi connectivity index (χ3n) is 19.1. The quantitative estimate of drug-likeness (QED) is 0.0345. The Morgan fingerprint density at radius 1 is 0.343 bits per heavy atom. The molecule has 0 unspecified atom stereocenters. The number of benzene rings is 4. The Morgan fingerprint density at radius 2 is 0.569 bits per heavy atom. The summed E-state index contributed by atoms with van der Waals surface area (Å²) in [6.07, 6.45) is -40.4. The number of carbonyl (C=O) groups is 3. The summed E-state index contributed by atoms with van der Waals surface area (Å²) in [5.74, 6) is -2.83. The maximum absolute atomic E-state index is 14.3. The number of hydrogen-bond donors (Lipinski definition) is 27. The van der Waals surface area contributed by atoms with Crippen LogP contribution in [0.3, 0.4) is 0 Å². The van der Waals surface area contributed by atoms with Crippen LogP contribution < -0.4 is 16.0 Å². The molecule has 0 aromatic heterocycles. The highest BCUT2D eigenvalue weighted by Crippen LogP contribution is 2.51. The third kappa shape index (κ3) is 14.9. The van der Waals surface area contributed by atoms with Crippen LogP contribution in [-0.4, -0.2) is 360 Å². The first-order valence-corrected chi connectivity index (χ1v) is 34.0. The van der Waals surface area contributed by atoms with Crippen molar-refractivity contribution in [2.24, 2.45) is 0 Å². The van der Waals surface area contributed by atoms with Crippen molar-refractivity contribution in [2.75, 3.05) is 75.4 Å². The van der Waals surface area contributed by atoms with Gasteiger partial charge in [-0.05, 0) is 91.0 Å². The van der Waals surface area contributed by atoms with E-state index in [1.807, 2.05) is 0 Å². The number of anilines is 3. The van der Waals surface area contributed by atoms with Crippen LogP contribution in [0.2, 0.25) is 0 Å². The van der Waals surface area contributed by atoms with E-state index in [0.29, 0.717) is 35.3 Å². The van der Waals surface area contributed by atoms with Crippen LogP contribution in [-0.2, 0) is 28.4 Å². The van der Waals surface area contributed by atoms with E-state index in [1.54, 1.807) is 0 Å². The summed E-state index contributed by atoms with van der Waals surface area (Å²) >= 11 is 1.36. The minimum Gasteiger partial charge on any atom is -0.394 e. The van der Waals surface area contributed by atoms with Gasteiger partial charge < -0.3 is 167 Å². The standard InChI is InChI=1S/C63H81N3O33S3/c67-16-34-40(73)43(76)46(79)49(97-34)58(88)22-94-37(19-70)61(91,55(58)85)100-31-7-1-28(2-8-31)64-52(82)25-13-26(53(83)65-29-3-9-32(10-4-29)101-62(92)38(20-71)95-23-59(89,56(62)86)50-47(80)44(77)41(74)35(17-68)98-50)15-27(14-25)54(84)66-30-5-11-33(12-6-30)102-63(93)39(21-72)96-24-60(90,57(63)87)51-48(81)45(78)42(75)36(18-69)99-51/h1-15,34-51,55-57,67-81,85-93H,16-24H2,(H,64,82)(H,65,83)(H,66,84)/t34-,35-,36-,37-,38-,39-,40-,41-,42-,43+,44+,45+,46-,47-,48-,49-,50-,51-,55-,56-,57-,58-,59-,60-,61-,62-,63-/m1/s1. The summed E-state index contributed by atoms with van der Waals surface area (Å²) in [4.78, 5) is 35.2. The fourth-order valence-electron chi connectivity index (χ4n) is 13.1. The van der Waals surface area contributed by atoms with Crippen LogP contribution in [0.15, 0.2) is 106 Å². The topological polar surface area (TPSA) is 628 Å². The summed E-state index contributed by atoms with van der Waals surface area (Å²) in [7, 11) is 0. The number of amides is 3. The Kier molecular flexibility index (Phi) is 24.6. The van der Waals surface area contributed by atoms with Gasteiger partial charge in [0.25, 0.3) is 17.7 Å². The Balaban J connectivity index is 0.888. The minimum atomic E-state index is -2.76. The number of nitrogens with one attached hydrogen (secondary N) is 3. The van der Waals surface area contributed by atoms with Crippen molar-refractivity contribution in [1.82, 2.24) is 0 Å². The van der Waals surface area contributed by atoms with E-state index in [1.165, 1.54) is 72.8 Å². The summed E-state index contributed by atoms with van der Waals surface area (Å²) in [6.45, 7) is -8.18. The van der Waals surface area contributed by atoms with Gasteiger partial charge in [-0.25, -0.2) is 0 Å². The number of aliphatic hydroxyl groups excluding tert-OH is 18. The predicted molar refractivity (Wildman–Crippen MR) is 347 cm³/mol. The van der Waals surface area contributed by atoms with Crippen molar-refractivity contribution in [3.8, 4) is 0 Å². The second-order valence-corrected chi connectivity index (χ2v) is 29.7. The van der Waals surface area contributed by atoms with Gasteiger partial charge in [0.2, 0.25) is 0 Å². The molecular formula is C63H81N3O33S3. The first-order chi connectivity index (χ1) is 48.1. The summed E-state index contributed by atoms with van der Waals surface area (Å²) in [6, 6.07) is 19.1. The van der Waals surface area contributed by atoms with Gasteiger partial charge in [-0.15, -0.1) is 0 Å². The van der Waals surface area contributed by atoms with Crippen LogP contribution in [0.25, 0.3) is 0 Å². The molecule has 0 bridgehead atoms. The number of hydrogen-bond acceptors (Lipinski definition) is 36. The van der Waals surface area contributed by atoms with E-state index >= 15 is 0 Å². The molecule has 36 nitrogen and oxygen atoms in total. The Morgan fingerprint density at radius 3 is 0.775 bits per heavy atom. The second-order valence-electron chi connectivity index (χ2n) is 25.7. The summed E-state index contributed by atoms with van der Waals surface area (Å²) in [5, 5.41) is 270. The normalized spacial score (nSPS) is 41.0. The van der Waals surface area contributed by atoms with Gasteiger partial charge in [0, 0.05) is 48.4 Å². The zero-order valence-corrected chi connectivity index (χ0v) is 55.7. The maximum atomic E-state index is 14.3. The maximum Gasteiger partial charge on any atom is 0.255 e. The molecule has 3 amide bonds. The molecule has 564 valence electrons. The molecule has 27 N–H and O–H groups in total. The summed E-state index contributed by atoms with van der Waals surface area (Å²) < 4.78 is 33.2. The van der Waals surface area contributed by atoms with E-state index in [4.69, 9.17) is 28.4 Å². The highest BCUT2D eigenvalue weighted by molar-refractivity contribution is 8.01. The average molecular weight is 1500 g/mol. The number of carbonyl (C=O) groups excluding carboxylic acids is 3. The molecule has 10 rings (SSSR count). The molecule has 6 aliphatic heterocycles. The molecule has 6 saturated heterocycles. The van der Waals surface area contributed by atoms with Gasteiger partial charge in [0.1, 0.15) is 145 Å². The van der Waals surface area contributed by atoms with Crippen LogP contribution in [0, 0.1) is 0 Å². The Bertz CT molecular complexity index is 3190. The van der Waals surface area contributed by atoms with Crippen LogP contribution in [0.4, 0.5) is 17.1 Å². The van der Waals surface area contributed by atoms with Crippen LogP contribution >= 0.6 is 35.3 Å². The number of rotatable bonds is 21. The van der Waals surface area contributed by atoms with E-state index in [2.05, 4.69) is 16.0 Å². The lowest BCUT2D eigenvalue weighted by Gasteiger charge is -2.55. The van der Waals surface area contributed by atoms with Crippen molar-refractivity contribution in [1.29, 1.82) is 0 Å². The van der Waals surface area contributed by atoms with Crippen molar-refractivity contribution < 1.29 is 165 Å². The van der Waals surface area contributed by atoms with Crippen molar-refractivity contribution in [3.05, 3.63) is 108 Å². The van der Waals surface area contributed by atoms with E-state index < -0.39 is 237 Å². The van der Waals surface area contributed by atoms with E-state index in [0.717, 1.165) is 18.2 Å². The molecule has 0 saturated carbocycles. The molecule has 6 aliphatic rings. The lowest BCUT2D eigenvalue weighted by molar-refractivity contribution is -0.328. The summed E-state index contributed by atoms with van der Waals surface area (Å²) in [5.41, 5.74) is -9.15. The highest BCUT2D eigenvalue weighted by Gasteiger charge is 2.69. The SMILES string of the molecule is O=C(Nc1ccc(S[C@@]2(O)[C@H](O)[C@](O)([C@@H]3O[C@H](CO)[C@@H](O)[C@H](O)[C@H]3O)CO[C@@H]2CO)cc1)c1cc(C(=O)Nc2ccc(S[C@@]3(O)[C@H](O)[C@](O)([C@@H]4O[C@H](CO)[C@@H](O)[C@H](O)[C@H]4O)CO[C@@H]3CO)cc2)cc(C(=O)Nc2ccc(S[C@@]3(O)[C@H](O)[C@](O)([C@@H]4O[C@H](CO)[C@@H](O)[C@H](O)[C@H]4O)CO[C@@H]3CO)cc2)c1. The van der Waals surface area contributed by atoms with Gasteiger partial charge in [-0.2, -0.15) is 0 Å². The van der Waals surface area contributed by atoms with Gasteiger partial charge in [0.15, 0.2) is 14.8 Å². The minimum absolute atomic E-state index is 0.0340. The lowest BCUT2D eigenvalue weighted by Crippen LogP contribution is -2.76. The smallest absolute Gasteiger partial charge is 0.255 e. The molecule has 102 heavy (non-hydrogen) atoms. The highest BCUT2D eigenvalue weighted by atomic mass is 32.2. The zero-order chi connectivity index (χ0) is 74.5. The largest absolute Gasteiger partial charge is 0.394 e. The molecular weight excluding hydrogens is 1420 g/mol. The van der Waals surface area contributed by atoms with Crippen molar-refractivity contribution in [2.45, 2.75) is 174 Å². The van der Waals surface area contributed by atoms with Crippen LogP contribution in [0.5, 0.6) is 0 Å². The molecule has 0 radical (unpaired) electrons. The third-order valence-corrected chi connectivity index (χ3v) is 23.0. The van der Waals surface area contributed by atoms with Gasteiger partial charge in [0.05, 0.1) is 59.5 Å². The number of ether oxygens (including phenoxy) is 6. The average Bonchev–Trinajstić information content (AvgIpc) is 0.740. The molecule has 39 heteroatoms. The number of thioether (sulfide) groups is 3. The molecule has 6 fully saturated rings. The molecule has 0 aliphatic carbocycles. The van der Waals surface area contributed by atoms with Crippen molar-refractivity contribution in [3.63, 3.8) is 0 Å². The molecule has 6 heterocycles. The fraction of sp³-hybridized carbons (Fsp3) is 0.571. The Hall–Kier alpha value is -4.86. The number of aliphatic hydroxyl groups is 24. The molecule has 4 aromatic carbocycles. The van der Waals surface area contributed by atoms with E-state index in [-0.39, 0.29) is 48.4 Å². The Labute approximate surface area is 590 Å².